The normalized spacial score (nSPS) is 15.5. The first-order chi connectivity index (χ1) is 20.9. The number of amides is 2. The Balaban J connectivity index is 1.36. The number of likely N-dealkylation sites (N-methyl/N-ethyl adjacent to an activating group) is 1. The molecule has 1 saturated heterocycles. The number of methoxy groups -OCH3 is 2. The minimum absolute atomic E-state index is 0.273. The number of hydrogen-bond acceptors (Lipinski definition) is 8. The number of halogens is 1. The first-order valence-corrected chi connectivity index (χ1v) is 14.6. The minimum atomic E-state index is -0.305. The number of benzene rings is 2. The van der Waals surface area contributed by atoms with Crippen LogP contribution in [0.1, 0.15) is 22.5 Å². The number of carbonyl (C=O) groups is 1. The second-order valence-corrected chi connectivity index (χ2v) is 11.2. The van der Waals surface area contributed by atoms with Gasteiger partial charge in [0, 0.05) is 61.7 Å². The van der Waals surface area contributed by atoms with E-state index in [2.05, 4.69) is 40.0 Å². The molecule has 11 heteroatoms. The Labute approximate surface area is 256 Å². The van der Waals surface area contributed by atoms with Crippen LogP contribution in [0.25, 0.3) is 0 Å². The zero-order chi connectivity index (χ0) is 30.1. The van der Waals surface area contributed by atoms with Crippen molar-refractivity contribution in [2.45, 2.75) is 19.9 Å². The van der Waals surface area contributed by atoms with Crippen LogP contribution in [-0.4, -0.2) is 73.3 Å². The zero-order valence-corrected chi connectivity index (χ0v) is 25.5. The molecule has 0 bridgehead atoms. The number of aromatic nitrogens is 3. The summed E-state index contributed by atoms with van der Waals surface area (Å²) in [5.74, 6) is 2.84. The van der Waals surface area contributed by atoms with Crippen LogP contribution in [0.4, 0.5) is 27.8 Å². The van der Waals surface area contributed by atoms with Crippen molar-refractivity contribution < 1.29 is 14.3 Å². The summed E-state index contributed by atoms with van der Waals surface area (Å²) in [4.78, 5) is 36.2. The number of hydrogen-bond donors (Lipinski definition) is 0. The quantitative estimate of drug-likeness (QED) is 0.276. The summed E-state index contributed by atoms with van der Waals surface area (Å²) in [5.41, 5.74) is 4.41. The fraction of sp³-hybridized carbons (Fsp3) is 0.312. The number of aryl methyl sites for hydroxylation is 1. The smallest absolute Gasteiger partial charge is 0.336 e. The molecule has 2 aliphatic heterocycles. The van der Waals surface area contributed by atoms with Crippen molar-refractivity contribution in [3.8, 4) is 11.5 Å². The highest BCUT2D eigenvalue weighted by atomic mass is 35.5. The number of ether oxygens (including phenoxy) is 2. The fourth-order valence-corrected chi connectivity index (χ4v) is 5.88. The van der Waals surface area contributed by atoms with Gasteiger partial charge in [-0.2, -0.15) is 0 Å². The lowest BCUT2D eigenvalue weighted by atomic mass is 10.1. The third-order valence-electron chi connectivity index (χ3n) is 7.99. The van der Waals surface area contributed by atoms with Gasteiger partial charge in [0.1, 0.15) is 23.1 Å². The van der Waals surface area contributed by atoms with Gasteiger partial charge in [0.2, 0.25) is 0 Å². The minimum Gasteiger partial charge on any atom is -0.496 e. The topological polar surface area (TPSA) is 87.2 Å². The third-order valence-corrected chi connectivity index (χ3v) is 8.29. The van der Waals surface area contributed by atoms with Gasteiger partial charge in [-0.3, -0.25) is 4.90 Å². The third kappa shape index (κ3) is 5.68. The standard InChI is InChI=1S/C32H34ClN7O3/c1-21-6-5-7-26(33)30(21)39-20-23-18-34-28(36-31(23)40(32(39)41)29-11-10-25(42-3)19-35-29)16-22-8-9-24(17-27(22)43-4)38-14-12-37(2)13-15-38/h5-11,17-19H,12-16,20H2,1-4H3. The lowest BCUT2D eigenvalue weighted by Crippen LogP contribution is -2.46. The van der Waals surface area contributed by atoms with Crippen LogP contribution in [0.15, 0.2) is 60.9 Å². The Kier molecular flexibility index (Phi) is 8.05. The van der Waals surface area contributed by atoms with Gasteiger partial charge >= 0.3 is 6.03 Å². The summed E-state index contributed by atoms with van der Waals surface area (Å²) in [5, 5.41) is 0.490. The predicted octanol–water partition coefficient (Wildman–Crippen LogP) is 5.47. The molecule has 0 aliphatic carbocycles. The number of rotatable bonds is 7. The lowest BCUT2D eigenvalue weighted by molar-refractivity contribution is 0.252. The van der Waals surface area contributed by atoms with Gasteiger partial charge in [-0.25, -0.2) is 24.6 Å². The van der Waals surface area contributed by atoms with Crippen LogP contribution in [-0.2, 0) is 13.0 Å². The van der Waals surface area contributed by atoms with Crippen LogP contribution in [0.3, 0.4) is 0 Å². The molecule has 1 fully saturated rings. The summed E-state index contributed by atoms with van der Waals surface area (Å²) in [6.07, 6.45) is 3.80. The Morgan fingerprint density at radius 2 is 1.77 bits per heavy atom. The van der Waals surface area contributed by atoms with Crippen molar-refractivity contribution in [2.24, 2.45) is 0 Å². The molecule has 2 aliphatic rings. The van der Waals surface area contributed by atoms with Crippen LogP contribution < -0.4 is 24.2 Å². The molecule has 43 heavy (non-hydrogen) atoms. The van der Waals surface area contributed by atoms with Gasteiger partial charge in [-0.15, -0.1) is 0 Å². The fourth-order valence-electron chi connectivity index (χ4n) is 5.56. The molecule has 222 valence electrons. The van der Waals surface area contributed by atoms with Crippen molar-refractivity contribution in [1.82, 2.24) is 19.9 Å². The second kappa shape index (κ2) is 12.1. The van der Waals surface area contributed by atoms with Crippen molar-refractivity contribution in [3.05, 3.63) is 88.5 Å². The average molecular weight is 600 g/mol. The van der Waals surface area contributed by atoms with Gasteiger partial charge in [-0.05, 0) is 43.8 Å². The van der Waals surface area contributed by atoms with Crippen LogP contribution in [0, 0.1) is 6.92 Å². The highest BCUT2D eigenvalue weighted by molar-refractivity contribution is 6.34. The summed E-state index contributed by atoms with van der Waals surface area (Å²) >= 11 is 6.61. The first-order valence-electron chi connectivity index (χ1n) is 14.2. The highest BCUT2D eigenvalue weighted by Crippen LogP contribution is 2.39. The van der Waals surface area contributed by atoms with E-state index >= 15 is 0 Å². The molecule has 0 atom stereocenters. The number of nitrogens with zero attached hydrogens (tertiary/aromatic N) is 7. The Hall–Kier alpha value is -4.41. The summed E-state index contributed by atoms with van der Waals surface area (Å²) in [6, 6.07) is 15.1. The molecule has 0 radical (unpaired) electrons. The molecule has 2 aromatic heterocycles. The monoisotopic (exact) mass is 599 g/mol. The van der Waals surface area contributed by atoms with Gasteiger partial charge in [-0.1, -0.05) is 29.8 Å². The zero-order valence-electron chi connectivity index (χ0n) is 24.7. The highest BCUT2D eigenvalue weighted by Gasteiger charge is 2.36. The van der Waals surface area contributed by atoms with E-state index in [0.29, 0.717) is 40.3 Å². The van der Waals surface area contributed by atoms with Crippen LogP contribution in [0.5, 0.6) is 11.5 Å². The van der Waals surface area contributed by atoms with E-state index in [1.54, 1.807) is 49.7 Å². The first kappa shape index (κ1) is 28.7. The van der Waals surface area contributed by atoms with Crippen molar-refractivity contribution >= 4 is 40.6 Å². The van der Waals surface area contributed by atoms with E-state index in [9.17, 15) is 4.79 Å². The van der Waals surface area contributed by atoms with E-state index in [1.165, 1.54) is 4.90 Å². The Bertz CT molecular complexity index is 1620. The van der Waals surface area contributed by atoms with Crippen LogP contribution in [0.2, 0.25) is 5.02 Å². The van der Waals surface area contributed by atoms with Gasteiger partial charge in [0.05, 0.1) is 37.7 Å². The largest absolute Gasteiger partial charge is 0.496 e. The summed E-state index contributed by atoms with van der Waals surface area (Å²) in [6.45, 7) is 6.20. The maximum absolute atomic E-state index is 14.2. The number of pyridine rings is 1. The maximum Gasteiger partial charge on any atom is 0.336 e. The molecular formula is C32H34ClN7O3. The van der Waals surface area contributed by atoms with Crippen molar-refractivity contribution in [2.75, 3.05) is 62.1 Å². The molecule has 0 spiro atoms. The van der Waals surface area contributed by atoms with Crippen molar-refractivity contribution in [3.63, 3.8) is 0 Å². The molecule has 2 amide bonds. The predicted molar refractivity (Wildman–Crippen MR) is 168 cm³/mol. The molecule has 4 heterocycles. The Morgan fingerprint density at radius 3 is 2.47 bits per heavy atom. The number of anilines is 4. The molecule has 10 nitrogen and oxygen atoms in total. The molecular weight excluding hydrogens is 566 g/mol. The van der Waals surface area contributed by atoms with E-state index < -0.39 is 0 Å². The van der Waals surface area contributed by atoms with Crippen molar-refractivity contribution in [1.29, 1.82) is 0 Å². The average Bonchev–Trinajstić information content (AvgIpc) is 3.02. The SMILES string of the molecule is COc1ccc(N2C(=O)N(c3c(C)cccc3Cl)Cc3cnc(Cc4ccc(N5CCN(C)CC5)cc4OC)nc32)nc1. The molecule has 0 saturated carbocycles. The second-order valence-electron chi connectivity index (χ2n) is 10.8. The van der Waals surface area contributed by atoms with E-state index in [-0.39, 0.29) is 12.6 Å². The molecule has 2 aromatic carbocycles. The van der Waals surface area contributed by atoms with E-state index in [1.807, 2.05) is 19.1 Å². The Morgan fingerprint density at radius 1 is 0.953 bits per heavy atom. The summed E-state index contributed by atoms with van der Waals surface area (Å²) in [7, 11) is 5.40. The number of carbonyl (C=O) groups excluding carboxylic acids is 1. The van der Waals surface area contributed by atoms with Gasteiger partial charge in [0.15, 0.2) is 5.82 Å². The molecule has 6 rings (SSSR count). The number of urea groups is 1. The molecule has 0 unspecified atom stereocenters. The molecule has 0 N–H and O–H groups in total. The van der Waals surface area contributed by atoms with Crippen LogP contribution >= 0.6 is 11.6 Å². The van der Waals surface area contributed by atoms with Gasteiger partial charge < -0.3 is 19.3 Å². The number of fused-ring (bicyclic) bond motifs is 1. The van der Waals surface area contributed by atoms with Gasteiger partial charge in [0.25, 0.3) is 0 Å². The molecule has 4 aromatic rings. The summed E-state index contributed by atoms with van der Waals surface area (Å²) < 4.78 is 11.1. The van der Waals surface area contributed by atoms with E-state index in [0.717, 1.165) is 54.3 Å². The van der Waals surface area contributed by atoms with E-state index in [4.69, 9.17) is 31.0 Å². The number of para-hydroxylation sites is 1. The maximum atomic E-state index is 14.2. The lowest BCUT2D eigenvalue weighted by Gasteiger charge is -2.36. The number of piperazine rings is 1.